The number of carbonyl (C=O) groups excluding carboxylic acids is 2. The third kappa shape index (κ3) is 4.62. The summed E-state index contributed by atoms with van der Waals surface area (Å²) in [5.74, 6) is -1.08. The molecule has 2 N–H and O–H groups in total. The monoisotopic (exact) mass is 478 g/mol. The molecule has 0 spiro atoms. The van der Waals surface area contributed by atoms with Gasteiger partial charge in [0.1, 0.15) is 6.61 Å². The highest BCUT2D eigenvalue weighted by Crippen LogP contribution is 2.44. The number of carboxylic acids is 1. The Hall–Kier alpha value is -3.39. The molecule has 2 amide bonds. The first-order valence-corrected chi connectivity index (χ1v) is 12.2. The van der Waals surface area contributed by atoms with E-state index in [1.54, 1.807) is 4.90 Å². The number of aliphatic carboxylic acids is 1. The van der Waals surface area contributed by atoms with E-state index in [1.165, 1.54) is 0 Å². The highest BCUT2D eigenvalue weighted by Gasteiger charge is 2.42. The van der Waals surface area contributed by atoms with Crippen molar-refractivity contribution in [1.29, 1.82) is 0 Å². The van der Waals surface area contributed by atoms with Crippen LogP contribution in [0.15, 0.2) is 48.5 Å². The van der Waals surface area contributed by atoms with Crippen molar-refractivity contribution in [3.63, 3.8) is 0 Å². The molecular formula is C27H30N2O6. The molecule has 3 aliphatic rings. The molecule has 8 heteroatoms. The molecule has 0 radical (unpaired) electrons. The topological polar surface area (TPSA) is 105 Å². The number of fused-ring (bicyclic) bond motifs is 3. The summed E-state index contributed by atoms with van der Waals surface area (Å²) < 4.78 is 11.3. The van der Waals surface area contributed by atoms with Crippen LogP contribution in [0.25, 0.3) is 11.1 Å². The minimum atomic E-state index is -0.858. The summed E-state index contributed by atoms with van der Waals surface area (Å²) in [5, 5.41) is 11.9. The summed E-state index contributed by atoms with van der Waals surface area (Å²) in [7, 11) is 0. The SMILES string of the molecule is C[C@@H]1CN(C(=O)C2OCCC2NC(=O)OCC2c3ccccc3-c3ccccc32)C[C@H]1CC(=O)O. The fourth-order valence-corrected chi connectivity index (χ4v) is 5.66. The van der Waals surface area contributed by atoms with Crippen molar-refractivity contribution < 1.29 is 29.0 Å². The van der Waals surface area contributed by atoms with Crippen molar-refractivity contribution in [3.05, 3.63) is 59.7 Å². The van der Waals surface area contributed by atoms with Gasteiger partial charge in [-0.05, 0) is 40.5 Å². The Morgan fingerprint density at radius 2 is 1.71 bits per heavy atom. The number of nitrogens with zero attached hydrogens (tertiary/aromatic N) is 1. The Bertz CT molecular complexity index is 1090. The molecule has 1 aliphatic carbocycles. The number of hydrogen-bond acceptors (Lipinski definition) is 5. The van der Waals surface area contributed by atoms with Crippen molar-refractivity contribution in [3.8, 4) is 11.1 Å². The van der Waals surface area contributed by atoms with E-state index in [-0.39, 0.29) is 36.7 Å². The maximum atomic E-state index is 13.1. The quantitative estimate of drug-likeness (QED) is 0.660. The summed E-state index contributed by atoms with van der Waals surface area (Å²) in [6.45, 7) is 3.42. The molecule has 0 bridgehead atoms. The Balaban J connectivity index is 1.19. The van der Waals surface area contributed by atoms with Gasteiger partial charge < -0.3 is 24.8 Å². The summed E-state index contributed by atoms with van der Waals surface area (Å²) in [5.41, 5.74) is 4.59. The third-order valence-electron chi connectivity index (χ3n) is 7.50. The van der Waals surface area contributed by atoms with Gasteiger partial charge in [0.2, 0.25) is 0 Å². The number of hydrogen-bond donors (Lipinski definition) is 2. The van der Waals surface area contributed by atoms with E-state index >= 15 is 0 Å². The second-order valence-corrected chi connectivity index (χ2v) is 9.73. The number of benzene rings is 2. The van der Waals surface area contributed by atoms with E-state index in [0.29, 0.717) is 26.1 Å². The maximum absolute atomic E-state index is 13.1. The number of alkyl carbamates (subject to hydrolysis) is 1. The standard InChI is InChI=1S/C27H30N2O6/c1-16-13-29(14-17(16)12-24(30)31)26(32)25-23(10-11-34-25)28-27(33)35-15-22-20-8-4-2-6-18(20)19-7-3-5-9-21(19)22/h2-9,16-17,22-23,25H,10-15H2,1H3,(H,28,33)(H,30,31)/t16-,17-,23?,25?/m1/s1. The van der Waals surface area contributed by atoms with Crippen molar-refractivity contribution in [2.45, 2.75) is 37.8 Å². The van der Waals surface area contributed by atoms with Gasteiger partial charge in [-0.1, -0.05) is 55.5 Å². The molecule has 2 aromatic carbocycles. The number of carbonyl (C=O) groups is 3. The van der Waals surface area contributed by atoms with Gasteiger partial charge in [0.05, 0.1) is 12.5 Å². The van der Waals surface area contributed by atoms with Crippen LogP contribution in [-0.4, -0.2) is 66.4 Å². The molecule has 8 nitrogen and oxygen atoms in total. The van der Waals surface area contributed by atoms with Crippen LogP contribution in [0.2, 0.25) is 0 Å². The van der Waals surface area contributed by atoms with E-state index < -0.39 is 24.2 Å². The van der Waals surface area contributed by atoms with Gasteiger partial charge in [-0.25, -0.2) is 4.79 Å². The van der Waals surface area contributed by atoms with Crippen LogP contribution < -0.4 is 5.32 Å². The molecule has 4 atom stereocenters. The van der Waals surface area contributed by atoms with E-state index in [9.17, 15) is 14.4 Å². The van der Waals surface area contributed by atoms with Gasteiger partial charge in [0, 0.05) is 25.6 Å². The Kier molecular flexibility index (Phi) is 6.47. The van der Waals surface area contributed by atoms with Gasteiger partial charge in [0.25, 0.3) is 5.91 Å². The zero-order valence-corrected chi connectivity index (χ0v) is 19.7. The molecular weight excluding hydrogens is 448 g/mol. The second kappa shape index (κ2) is 9.70. The van der Waals surface area contributed by atoms with Gasteiger partial charge in [-0.3, -0.25) is 9.59 Å². The minimum Gasteiger partial charge on any atom is -0.481 e. The van der Waals surface area contributed by atoms with Gasteiger partial charge in [-0.2, -0.15) is 0 Å². The second-order valence-electron chi connectivity index (χ2n) is 9.73. The zero-order valence-electron chi connectivity index (χ0n) is 19.7. The average Bonchev–Trinajstić information content (AvgIpc) is 3.53. The van der Waals surface area contributed by atoms with Crippen molar-refractivity contribution in [2.75, 3.05) is 26.3 Å². The van der Waals surface area contributed by atoms with Gasteiger partial charge >= 0.3 is 12.1 Å². The molecule has 2 heterocycles. The van der Waals surface area contributed by atoms with Gasteiger partial charge in [-0.15, -0.1) is 0 Å². The number of amides is 2. The Morgan fingerprint density at radius 3 is 2.37 bits per heavy atom. The molecule has 5 rings (SSSR count). The largest absolute Gasteiger partial charge is 0.481 e. The van der Waals surface area contributed by atoms with Crippen molar-refractivity contribution >= 4 is 18.0 Å². The maximum Gasteiger partial charge on any atom is 0.407 e. The lowest BCUT2D eigenvalue weighted by Gasteiger charge is -2.25. The van der Waals surface area contributed by atoms with Crippen LogP contribution in [0.5, 0.6) is 0 Å². The number of rotatable bonds is 6. The number of nitrogens with one attached hydrogen (secondary N) is 1. The van der Waals surface area contributed by atoms with Crippen LogP contribution in [0.1, 0.15) is 36.8 Å². The molecule has 0 aromatic heterocycles. The van der Waals surface area contributed by atoms with Crippen LogP contribution in [0, 0.1) is 11.8 Å². The molecule has 2 fully saturated rings. The van der Waals surface area contributed by atoms with E-state index in [0.717, 1.165) is 22.3 Å². The van der Waals surface area contributed by atoms with Crippen LogP contribution in [0.4, 0.5) is 4.79 Å². The lowest BCUT2D eigenvalue weighted by Crippen LogP contribution is -2.49. The smallest absolute Gasteiger partial charge is 0.407 e. The summed E-state index contributed by atoms with van der Waals surface area (Å²) in [6.07, 6.45) is -0.801. The lowest BCUT2D eigenvalue weighted by atomic mass is 9.95. The number of ether oxygens (including phenoxy) is 2. The molecule has 2 aliphatic heterocycles. The molecule has 184 valence electrons. The first-order chi connectivity index (χ1) is 16.9. The van der Waals surface area contributed by atoms with Gasteiger partial charge in [0.15, 0.2) is 6.10 Å². The molecule has 2 unspecified atom stereocenters. The van der Waals surface area contributed by atoms with Crippen molar-refractivity contribution in [1.82, 2.24) is 10.2 Å². The minimum absolute atomic E-state index is 0.0392. The molecule has 0 saturated carbocycles. The molecule has 35 heavy (non-hydrogen) atoms. The van der Waals surface area contributed by atoms with E-state index in [4.69, 9.17) is 14.6 Å². The first kappa shape index (κ1) is 23.4. The normalized spacial score (nSPS) is 25.2. The fourth-order valence-electron chi connectivity index (χ4n) is 5.66. The molecule has 2 saturated heterocycles. The van der Waals surface area contributed by atoms with Crippen LogP contribution >= 0.6 is 0 Å². The van der Waals surface area contributed by atoms with E-state index in [1.807, 2.05) is 31.2 Å². The predicted octanol–water partition coefficient (Wildman–Crippen LogP) is 3.25. The molecule has 2 aromatic rings. The summed E-state index contributed by atoms with van der Waals surface area (Å²) in [4.78, 5) is 38.6. The summed E-state index contributed by atoms with van der Waals surface area (Å²) in [6, 6.07) is 15.8. The predicted molar refractivity (Wildman–Crippen MR) is 128 cm³/mol. The number of likely N-dealkylation sites (tertiary alicyclic amines) is 1. The average molecular weight is 479 g/mol. The summed E-state index contributed by atoms with van der Waals surface area (Å²) >= 11 is 0. The first-order valence-electron chi connectivity index (χ1n) is 12.2. The van der Waals surface area contributed by atoms with E-state index in [2.05, 4.69) is 29.6 Å². The fraction of sp³-hybridized carbons (Fsp3) is 0.444. The number of carboxylic acid groups (broad SMARTS) is 1. The highest BCUT2D eigenvalue weighted by molar-refractivity contribution is 5.83. The Morgan fingerprint density at radius 1 is 1.06 bits per heavy atom. The Labute approximate surface area is 204 Å². The zero-order chi connectivity index (χ0) is 24.5. The highest BCUT2D eigenvalue weighted by atomic mass is 16.6. The third-order valence-corrected chi connectivity index (χ3v) is 7.50. The van der Waals surface area contributed by atoms with Crippen molar-refractivity contribution in [2.24, 2.45) is 11.8 Å². The van der Waals surface area contributed by atoms with Crippen LogP contribution in [0.3, 0.4) is 0 Å². The lowest BCUT2D eigenvalue weighted by molar-refractivity contribution is -0.142. The van der Waals surface area contributed by atoms with Crippen LogP contribution in [-0.2, 0) is 19.1 Å².